The second-order valence-corrected chi connectivity index (χ2v) is 7.37. The van der Waals surface area contributed by atoms with Crippen LogP contribution >= 0.6 is 0 Å². The number of benzene rings is 1. The third kappa shape index (κ3) is 4.59. The molecule has 1 fully saturated rings. The van der Waals surface area contributed by atoms with E-state index in [0.717, 1.165) is 12.8 Å². The quantitative estimate of drug-likeness (QED) is 0.879. The van der Waals surface area contributed by atoms with Crippen LogP contribution in [0.1, 0.15) is 55.5 Å². The average Bonchev–Trinajstić information content (AvgIpc) is 2.59. The molecule has 144 valence electrons. The standard InChI is InChI=1S/C19H27NO6/c1-19(2,3)26-18(23)20-8-6-7-12(11-20)13-9-15(24-4)16(25-5)10-14(13)17(21)22/h9-10,12H,6-8,11H2,1-5H3,(H,21,22). The van der Waals surface area contributed by atoms with Gasteiger partial charge in [0.25, 0.3) is 0 Å². The molecule has 1 heterocycles. The smallest absolute Gasteiger partial charge is 0.410 e. The second kappa shape index (κ2) is 7.85. The van der Waals surface area contributed by atoms with Crippen LogP contribution in [0, 0.1) is 0 Å². The summed E-state index contributed by atoms with van der Waals surface area (Å²) in [4.78, 5) is 25.7. The first-order valence-corrected chi connectivity index (χ1v) is 8.63. The summed E-state index contributed by atoms with van der Waals surface area (Å²) in [6, 6.07) is 3.18. The van der Waals surface area contributed by atoms with E-state index in [1.165, 1.54) is 20.3 Å². The van der Waals surface area contributed by atoms with Crippen LogP contribution in [0.2, 0.25) is 0 Å². The van der Waals surface area contributed by atoms with Crippen LogP contribution < -0.4 is 9.47 Å². The van der Waals surface area contributed by atoms with Crippen molar-refractivity contribution in [3.05, 3.63) is 23.3 Å². The Morgan fingerprint density at radius 2 is 1.77 bits per heavy atom. The van der Waals surface area contributed by atoms with Gasteiger partial charge >= 0.3 is 12.1 Å². The van der Waals surface area contributed by atoms with E-state index >= 15 is 0 Å². The summed E-state index contributed by atoms with van der Waals surface area (Å²) < 4.78 is 16.0. The van der Waals surface area contributed by atoms with Gasteiger partial charge in [-0.15, -0.1) is 0 Å². The van der Waals surface area contributed by atoms with Gasteiger partial charge in [-0.1, -0.05) is 0 Å². The third-order valence-corrected chi connectivity index (χ3v) is 4.30. The number of hydrogen-bond acceptors (Lipinski definition) is 5. The molecule has 1 aromatic rings. The maximum atomic E-state index is 12.4. The summed E-state index contributed by atoms with van der Waals surface area (Å²) in [6.07, 6.45) is 1.19. The van der Waals surface area contributed by atoms with E-state index in [1.54, 1.807) is 11.0 Å². The minimum Gasteiger partial charge on any atom is -0.493 e. The van der Waals surface area contributed by atoms with Gasteiger partial charge in [-0.05, 0) is 51.3 Å². The van der Waals surface area contributed by atoms with Crippen molar-refractivity contribution < 1.29 is 28.9 Å². The van der Waals surface area contributed by atoms with Crippen molar-refractivity contribution in [3.63, 3.8) is 0 Å². The molecule has 0 spiro atoms. The van der Waals surface area contributed by atoms with E-state index < -0.39 is 11.6 Å². The van der Waals surface area contributed by atoms with Gasteiger partial charge in [0.1, 0.15) is 5.60 Å². The molecule has 0 aliphatic carbocycles. The lowest BCUT2D eigenvalue weighted by Crippen LogP contribution is -2.42. The highest BCUT2D eigenvalue weighted by molar-refractivity contribution is 5.90. The Labute approximate surface area is 153 Å². The van der Waals surface area contributed by atoms with Crippen molar-refractivity contribution in [1.82, 2.24) is 4.90 Å². The van der Waals surface area contributed by atoms with Crippen LogP contribution in [0.3, 0.4) is 0 Å². The summed E-state index contributed by atoms with van der Waals surface area (Å²) in [5.41, 5.74) is 0.238. The van der Waals surface area contributed by atoms with Gasteiger partial charge in [0.2, 0.25) is 0 Å². The molecule has 1 aliphatic rings. The average molecular weight is 365 g/mol. The number of amides is 1. The number of carbonyl (C=O) groups is 2. The number of methoxy groups -OCH3 is 2. The van der Waals surface area contributed by atoms with Gasteiger partial charge in [0, 0.05) is 19.0 Å². The molecule has 0 radical (unpaired) electrons. The number of rotatable bonds is 4. The normalized spacial score (nSPS) is 17.6. The van der Waals surface area contributed by atoms with Crippen LogP contribution in [0.15, 0.2) is 12.1 Å². The molecule has 1 amide bonds. The lowest BCUT2D eigenvalue weighted by Gasteiger charge is -2.34. The number of carboxylic acid groups (broad SMARTS) is 1. The summed E-state index contributed by atoms with van der Waals surface area (Å²) in [5, 5.41) is 9.61. The predicted octanol–water partition coefficient (Wildman–Crippen LogP) is 3.52. The van der Waals surface area contributed by atoms with Crippen LogP contribution in [-0.4, -0.2) is 55.0 Å². The zero-order chi connectivity index (χ0) is 19.5. The van der Waals surface area contributed by atoms with Crippen LogP contribution in [0.25, 0.3) is 0 Å². The van der Waals surface area contributed by atoms with Crippen LogP contribution in [0.4, 0.5) is 4.79 Å². The molecule has 1 saturated heterocycles. The van der Waals surface area contributed by atoms with Crippen molar-refractivity contribution in [1.29, 1.82) is 0 Å². The molecule has 2 rings (SSSR count). The molecular formula is C19H27NO6. The molecule has 7 heteroatoms. The predicted molar refractivity (Wildman–Crippen MR) is 96.3 cm³/mol. The molecule has 26 heavy (non-hydrogen) atoms. The van der Waals surface area contributed by atoms with Gasteiger partial charge in [-0.2, -0.15) is 0 Å². The second-order valence-electron chi connectivity index (χ2n) is 7.37. The molecule has 0 bridgehead atoms. The monoisotopic (exact) mass is 365 g/mol. The Hall–Kier alpha value is -2.44. The summed E-state index contributed by atoms with van der Waals surface area (Å²) in [6.45, 7) is 6.47. The lowest BCUT2D eigenvalue weighted by atomic mass is 9.87. The van der Waals surface area contributed by atoms with Crippen molar-refractivity contribution in [3.8, 4) is 11.5 Å². The molecular weight excluding hydrogens is 338 g/mol. The Morgan fingerprint density at radius 3 is 2.31 bits per heavy atom. The first kappa shape index (κ1) is 19.9. The fourth-order valence-electron chi connectivity index (χ4n) is 3.14. The zero-order valence-electron chi connectivity index (χ0n) is 16.0. The molecule has 0 saturated carbocycles. The minimum atomic E-state index is -1.03. The van der Waals surface area contributed by atoms with E-state index in [4.69, 9.17) is 14.2 Å². The fourth-order valence-corrected chi connectivity index (χ4v) is 3.14. The molecule has 1 N–H and O–H groups in total. The van der Waals surface area contributed by atoms with Gasteiger partial charge in [-0.3, -0.25) is 0 Å². The molecule has 1 unspecified atom stereocenters. The van der Waals surface area contributed by atoms with Gasteiger partial charge < -0.3 is 24.2 Å². The largest absolute Gasteiger partial charge is 0.493 e. The Morgan fingerprint density at radius 1 is 1.15 bits per heavy atom. The zero-order valence-corrected chi connectivity index (χ0v) is 16.0. The lowest BCUT2D eigenvalue weighted by molar-refractivity contribution is 0.0198. The maximum Gasteiger partial charge on any atom is 0.410 e. The van der Waals surface area contributed by atoms with E-state index in [1.807, 2.05) is 20.8 Å². The maximum absolute atomic E-state index is 12.4. The first-order chi connectivity index (χ1) is 12.2. The van der Waals surface area contributed by atoms with Crippen molar-refractivity contribution in [2.75, 3.05) is 27.3 Å². The van der Waals surface area contributed by atoms with Crippen molar-refractivity contribution in [2.45, 2.75) is 45.1 Å². The molecule has 1 atom stereocenters. The Balaban J connectivity index is 2.32. The number of likely N-dealkylation sites (tertiary alicyclic amines) is 1. The minimum absolute atomic E-state index is 0.109. The first-order valence-electron chi connectivity index (χ1n) is 8.63. The van der Waals surface area contributed by atoms with E-state index in [0.29, 0.717) is 30.2 Å². The molecule has 1 aliphatic heterocycles. The highest BCUT2D eigenvalue weighted by Gasteiger charge is 2.31. The Bertz CT molecular complexity index is 679. The summed E-state index contributed by atoms with van der Waals surface area (Å²) in [5.74, 6) is -0.298. The van der Waals surface area contributed by atoms with Crippen LogP contribution in [0.5, 0.6) is 11.5 Å². The molecule has 1 aromatic carbocycles. The van der Waals surface area contributed by atoms with Crippen molar-refractivity contribution >= 4 is 12.1 Å². The van der Waals surface area contributed by atoms with Gasteiger partial charge in [0.15, 0.2) is 11.5 Å². The summed E-state index contributed by atoms with van der Waals surface area (Å²) >= 11 is 0. The summed E-state index contributed by atoms with van der Waals surface area (Å²) in [7, 11) is 2.98. The fraction of sp³-hybridized carbons (Fsp3) is 0.579. The highest BCUT2D eigenvalue weighted by atomic mass is 16.6. The SMILES string of the molecule is COc1cc(C(=O)O)c(C2CCCN(C(=O)OC(C)(C)C)C2)cc1OC. The number of carboxylic acids is 1. The van der Waals surface area contributed by atoms with E-state index in [2.05, 4.69) is 0 Å². The molecule has 0 aromatic heterocycles. The number of carbonyl (C=O) groups excluding carboxylic acids is 1. The van der Waals surface area contributed by atoms with E-state index in [-0.39, 0.29) is 17.6 Å². The number of hydrogen-bond donors (Lipinski definition) is 1. The molecule has 7 nitrogen and oxygen atoms in total. The van der Waals surface area contributed by atoms with E-state index in [9.17, 15) is 14.7 Å². The topological polar surface area (TPSA) is 85.3 Å². The van der Waals surface area contributed by atoms with Crippen molar-refractivity contribution in [2.24, 2.45) is 0 Å². The number of ether oxygens (including phenoxy) is 3. The number of aromatic carboxylic acids is 1. The highest BCUT2D eigenvalue weighted by Crippen LogP contribution is 2.37. The van der Waals surface area contributed by atoms with Crippen LogP contribution in [-0.2, 0) is 4.74 Å². The van der Waals surface area contributed by atoms with Gasteiger partial charge in [-0.25, -0.2) is 9.59 Å². The number of piperidine rings is 1. The third-order valence-electron chi connectivity index (χ3n) is 4.30. The van der Waals surface area contributed by atoms with Gasteiger partial charge in [0.05, 0.1) is 19.8 Å². The number of nitrogens with zero attached hydrogens (tertiary/aromatic N) is 1. The Kier molecular flexibility index (Phi) is 6.00.